The Morgan fingerprint density at radius 1 is 1.29 bits per heavy atom. The second-order valence-corrected chi connectivity index (χ2v) is 5.42. The van der Waals surface area contributed by atoms with Crippen molar-refractivity contribution >= 4 is 8.80 Å². The smallest absolute Gasteiger partial charge is 0.0587 e. The van der Waals surface area contributed by atoms with Crippen LogP contribution in [0.25, 0.3) is 0 Å². The molecule has 0 aromatic heterocycles. The minimum Gasteiger partial charge on any atom is -0.199 e. The van der Waals surface area contributed by atoms with Gasteiger partial charge in [0.25, 0.3) is 0 Å². The first-order chi connectivity index (χ1) is 3.15. The van der Waals surface area contributed by atoms with E-state index in [0.29, 0.717) is 0 Å². The minimum absolute atomic E-state index is 0.139. The van der Waals surface area contributed by atoms with Gasteiger partial charge in [-0.2, -0.15) is 5.26 Å². The number of rotatable bonds is 0. The summed E-state index contributed by atoms with van der Waals surface area (Å²) in [5.74, 6) is 0. The summed E-state index contributed by atoms with van der Waals surface area (Å²) in [7, 11) is -0.139. The fraction of sp³-hybridized carbons (Fsp3) is 0.800. The van der Waals surface area contributed by atoms with Crippen LogP contribution in [0.5, 0.6) is 0 Å². The van der Waals surface area contributed by atoms with Crippen LogP contribution >= 0.6 is 0 Å². The summed E-state index contributed by atoms with van der Waals surface area (Å²) in [6, 6.07) is 1.75. The Hall–Kier alpha value is -0.293. The van der Waals surface area contributed by atoms with E-state index in [2.05, 4.69) is 19.6 Å². The van der Waals surface area contributed by atoms with Gasteiger partial charge in [0.1, 0.15) is 0 Å². The lowest BCUT2D eigenvalue weighted by atomic mass is 11.0. The van der Waals surface area contributed by atoms with Gasteiger partial charge in [-0.05, 0) is 0 Å². The van der Waals surface area contributed by atoms with Crippen molar-refractivity contribution in [2.45, 2.75) is 26.6 Å². The maximum absolute atomic E-state index is 7.32. The third-order valence-corrected chi connectivity index (χ3v) is 0. The molecular formula is C5H13NSi. The normalized spacial score (nSPS) is 6.29. The van der Waals surface area contributed by atoms with Gasteiger partial charge in [0.15, 0.2) is 0 Å². The summed E-state index contributed by atoms with van der Waals surface area (Å²) in [5, 5.41) is 7.32. The van der Waals surface area contributed by atoms with Crippen LogP contribution in [-0.2, 0) is 0 Å². The second kappa shape index (κ2) is 9.20. The van der Waals surface area contributed by atoms with Gasteiger partial charge in [0.2, 0.25) is 0 Å². The number of nitriles is 1. The van der Waals surface area contributed by atoms with Crippen LogP contribution in [0, 0.1) is 11.3 Å². The molecule has 0 radical (unpaired) electrons. The highest BCUT2D eigenvalue weighted by Crippen LogP contribution is 1.68. The minimum atomic E-state index is -0.139. The van der Waals surface area contributed by atoms with E-state index in [-0.39, 0.29) is 8.80 Å². The van der Waals surface area contributed by atoms with E-state index in [4.69, 9.17) is 5.26 Å². The maximum Gasteiger partial charge on any atom is 0.0587 e. The van der Waals surface area contributed by atoms with Crippen LogP contribution in [0.3, 0.4) is 0 Å². The van der Waals surface area contributed by atoms with Gasteiger partial charge in [0, 0.05) is 15.7 Å². The van der Waals surface area contributed by atoms with E-state index in [1.165, 1.54) is 6.92 Å². The molecule has 0 aromatic carbocycles. The van der Waals surface area contributed by atoms with Crippen molar-refractivity contribution in [1.29, 1.82) is 5.26 Å². The summed E-state index contributed by atoms with van der Waals surface area (Å²) in [5.41, 5.74) is 0. The van der Waals surface area contributed by atoms with Crippen LogP contribution < -0.4 is 0 Å². The van der Waals surface area contributed by atoms with E-state index in [1.807, 2.05) is 0 Å². The van der Waals surface area contributed by atoms with Crippen LogP contribution in [0.1, 0.15) is 6.92 Å². The van der Waals surface area contributed by atoms with Crippen molar-refractivity contribution in [1.82, 2.24) is 0 Å². The zero-order chi connectivity index (χ0) is 6.28. The molecule has 1 nitrogen and oxygen atoms in total. The lowest BCUT2D eigenvalue weighted by molar-refractivity contribution is 1.49. The summed E-state index contributed by atoms with van der Waals surface area (Å²) < 4.78 is 0. The Balaban J connectivity index is 0. The van der Waals surface area contributed by atoms with Gasteiger partial charge < -0.3 is 0 Å². The molecule has 0 amide bonds. The predicted molar refractivity (Wildman–Crippen MR) is 36.0 cm³/mol. The lowest BCUT2D eigenvalue weighted by Crippen LogP contribution is -1.84. The molecule has 0 N–H and O–H groups in total. The van der Waals surface area contributed by atoms with Gasteiger partial charge in [0.05, 0.1) is 6.07 Å². The Morgan fingerprint density at radius 3 is 1.29 bits per heavy atom. The molecule has 0 fully saturated rings. The predicted octanol–water partition coefficient (Wildman–Crippen LogP) is 1.63. The third-order valence-electron chi connectivity index (χ3n) is 0. The summed E-state index contributed by atoms with van der Waals surface area (Å²) in [6.45, 7) is 8.35. The molecule has 0 saturated heterocycles. The summed E-state index contributed by atoms with van der Waals surface area (Å²) >= 11 is 0. The van der Waals surface area contributed by atoms with Crippen molar-refractivity contribution in [3.63, 3.8) is 0 Å². The fourth-order valence-corrected chi connectivity index (χ4v) is 0. The molecular weight excluding hydrogens is 102 g/mol. The lowest BCUT2D eigenvalue weighted by Gasteiger charge is -1.75. The van der Waals surface area contributed by atoms with Crippen LogP contribution in [0.2, 0.25) is 19.6 Å². The zero-order valence-corrected chi connectivity index (χ0v) is 6.68. The van der Waals surface area contributed by atoms with Gasteiger partial charge in [-0.1, -0.05) is 19.6 Å². The molecule has 0 unspecified atom stereocenters. The zero-order valence-electron chi connectivity index (χ0n) is 5.52. The average Bonchev–Trinajstić information content (AvgIpc) is 1.33. The molecule has 2 heteroatoms. The Morgan fingerprint density at radius 2 is 1.29 bits per heavy atom. The van der Waals surface area contributed by atoms with E-state index in [0.717, 1.165) is 0 Å². The van der Waals surface area contributed by atoms with Crippen molar-refractivity contribution in [3.05, 3.63) is 0 Å². The monoisotopic (exact) mass is 115 g/mol. The molecule has 7 heavy (non-hydrogen) atoms. The Bertz CT molecular complexity index is 50.8. The largest absolute Gasteiger partial charge is 0.199 e. The number of hydrogen-bond acceptors (Lipinski definition) is 1. The van der Waals surface area contributed by atoms with E-state index in [9.17, 15) is 0 Å². The SMILES string of the molecule is CC#N.C[SiH](C)C. The van der Waals surface area contributed by atoms with Gasteiger partial charge >= 0.3 is 0 Å². The van der Waals surface area contributed by atoms with Crippen LogP contribution in [0.15, 0.2) is 0 Å². The van der Waals surface area contributed by atoms with Crippen molar-refractivity contribution < 1.29 is 0 Å². The maximum atomic E-state index is 7.32. The topological polar surface area (TPSA) is 23.8 Å². The molecule has 0 bridgehead atoms. The summed E-state index contributed by atoms with van der Waals surface area (Å²) in [4.78, 5) is 0. The average molecular weight is 115 g/mol. The molecule has 42 valence electrons. The highest BCUT2D eigenvalue weighted by molar-refractivity contribution is 6.54. The number of hydrogen-bond donors (Lipinski definition) is 0. The first-order valence-electron chi connectivity index (χ1n) is 2.46. The first-order valence-corrected chi connectivity index (χ1v) is 5.92. The highest BCUT2D eigenvalue weighted by atomic mass is 28.3. The fourth-order valence-electron chi connectivity index (χ4n) is 0. The van der Waals surface area contributed by atoms with E-state index in [1.54, 1.807) is 6.07 Å². The van der Waals surface area contributed by atoms with Crippen LogP contribution in [0.4, 0.5) is 0 Å². The Kier molecular flexibility index (Phi) is 13.0. The molecule has 0 saturated carbocycles. The van der Waals surface area contributed by atoms with E-state index >= 15 is 0 Å². The molecule has 0 spiro atoms. The molecule has 0 aliphatic heterocycles. The number of nitrogens with zero attached hydrogens (tertiary/aromatic N) is 1. The molecule has 0 rings (SSSR count). The van der Waals surface area contributed by atoms with Crippen LogP contribution in [-0.4, -0.2) is 8.80 Å². The first kappa shape index (κ1) is 9.86. The standard InChI is InChI=1S/C3H10Si.C2H3N/c1-4(2)3;1-2-3/h4H,1-3H3;1H3. The van der Waals surface area contributed by atoms with Gasteiger partial charge in [-0.3, -0.25) is 0 Å². The second-order valence-electron chi connectivity index (χ2n) is 1.96. The third kappa shape index (κ3) is 913. The van der Waals surface area contributed by atoms with Crippen molar-refractivity contribution in [2.75, 3.05) is 0 Å². The quantitative estimate of drug-likeness (QED) is 0.440. The molecule has 0 aliphatic carbocycles. The molecule has 0 aliphatic rings. The van der Waals surface area contributed by atoms with E-state index < -0.39 is 0 Å². The van der Waals surface area contributed by atoms with Crippen molar-refractivity contribution in [3.8, 4) is 6.07 Å². The van der Waals surface area contributed by atoms with Crippen molar-refractivity contribution in [2.24, 2.45) is 0 Å². The van der Waals surface area contributed by atoms with Gasteiger partial charge in [-0.25, -0.2) is 0 Å². The van der Waals surface area contributed by atoms with Gasteiger partial charge in [-0.15, -0.1) is 0 Å². The Labute approximate surface area is 47.6 Å². The molecule has 0 aromatic rings. The molecule has 0 atom stereocenters. The molecule has 0 heterocycles. The summed E-state index contributed by atoms with van der Waals surface area (Å²) in [6.07, 6.45) is 0. The highest BCUT2D eigenvalue weighted by Gasteiger charge is 1.71.